The van der Waals surface area contributed by atoms with Crippen LogP contribution in [0, 0.1) is 15.9 Å². The van der Waals surface area contributed by atoms with Crippen LogP contribution in [0.15, 0.2) is 52.3 Å². The van der Waals surface area contributed by atoms with Crippen molar-refractivity contribution in [2.75, 3.05) is 7.05 Å². The van der Waals surface area contributed by atoms with E-state index in [1.165, 1.54) is 12.1 Å². The number of benzene rings is 2. The Hall–Kier alpha value is -1.92. The lowest BCUT2D eigenvalue weighted by Gasteiger charge is -2.06. The first-order valence-electron chi connectivity index (χ1n) is 5.96. The third-order valence-electron chi connectivity index (χ3n) is 2.66. The number of halogens is 1. The van der Waals surface area contributed by atoms with Gasteiger partial charge in [0.1, 0.15) is 5.82 Å². The number of hydrogen-bond acceptors (Lipinski definition) is 4. The second-order valence-electron chi connectivity index (χ2n) is 4.12. The van der Waals surface area contributed by atoms with Gasteiger partial charge in [-0.05, 0) is 30.8 Å². The second kappa shape index (κ2) is 6.49. The van der Waals surface area contributed by atoms with Crippen molar-refractivity contribution < 1.29 is 9.31 Å². The van der Waals surface area contributed by atoms with Crippen molar-refractivity contribution in [1.29, 1.82) is 0 Å². The van der Waals surface area contributed by atoms with Gasteiger partial charge in [-0.25, -0.2) is 4.39 Å². The monoisotopic (exact) mass is 292 g/mol. The van der Waals surface area contributed by atoms with Gasteiger partial charge in [-0.1, -0.05) is 30.0 Å². The number of rotatable bonds is 5. The molecule has 0 fully saturated rings. The Bertz CT molecular complexity index is 634. The zero-order chi connectivity index (χ0) is 14.5. The summed E-state index contributed by atoms with van der Waals surface area (Å²) < 4.78 is 14.0. The van der Waals surface area contributed by atoms with E-state index < -0.39 is 4.92 Å². The summed E-state index contributed by atoms with van der Waals surface area (Å²) in [5.41, 5.74) is 0.813. The molecule has 0 radical (unpaired) electrons. The molecule has 0 saturated carbocycles. The van der Waals surface area contributed by atoms with Crippen LogP contribution in [-0.4, -0.2) is 12.0 Å². The third kappa shape index (κ3) is 3.34. The fourth-order valence-electron chi connectivity index (χ4n) is 1.75. The van der Waals surface area contributed by atoms with E-state index >= 15 is 0 Å². The molecular formula is C14H13FN2O2S. The number of nitro groups is 1. The molecule has 1 N–H and O–H groups in total. The van der Waals surface area contributed by atoms with Gasteiger partial charge in [0.15, 0.2) is 0 Å². The van der Waals surface area contributed by atoms with Crippen molar-refractivity contribution >= 4 is 17.4 Å². The van der Waals surface area contributed by atoms with E-state index in [2.05, 4.69) is 5.32 Å². The highest BCUT2D eigenvalue weighted by molar-refractivity contribution is 7.99. The maximum atomic E-state index is 14.0. The Morgan fingerprint density at radius 3 is 2.65 bits per heavy atom. The van der Waals surface area contributed by atoms with E-state index in [9.17, 15) is 14.5 Å². The molecule has 20 heavy (non-hydrogen) atoms. The molecule has 2 rings (SSSR count). The van der Waals surface area contributed by atoms with Crippen molar-refractivity contribution in [3.8, 4) is 0 Å². The molecular weight excluding hydrogens is 279 g/mol. The Labute approximate surface area is 120 Å². The molecule has 2 aromatic carbocycles. The Balaban J connectivity index is 2.29. The van der Waals surface area contributed by atoms with Crippen LogP contribution in [0.5, 0.6) is 0 Å². The topological polar surface area (TPSA) is 55.2 Å². The van der Waals surface area contributed by atoms with Crippen LogP contribution in [0.4, 0.5) is 10.1 Å². The van der Waals surface area contributed by atoms with Crippen LogP contribution in [0.2, 0.25) is 0 Å². The van der Waals surface area contributed by atoms with Gasteiger partial charge < -0.3 is 5.32 Å². The van der Waals surface area contributed by atoms with Crippen molar-refractivity contribution in [3.63, 3.8) is 0 Å². The second-order valence-corrected chi connectivity index (χ2v) is 5.21. The van der Waals surface area contributed by atoms with Crippen LogP contribution in [0.25, 0.3) is 0 Å². The number of hydrogen-bond donors (Lipinski definition) is 1. The van der Waals surface area contributed by atoms with E-state index in [0.717, 1.165) is 17.3 Å². The van der Waals surface area contributed by atoms with Crippen LogP contribution in [0.3, 0.4) is 0 Å². The molecule has 0 unspecified atom stereocenters. The number of nitrogens with zero attached hydrogens (tertiary/aromatic N) is 1. The standard InChI is InChI=1S/C14H13FN2O2S/c1-16-9-10-6-7-13(11(15)8-10)20-14-5-3-2-4-12(14)17(18)19/h2-8,16H,9H2,1H3. The van der Waals surface area contributed by atoms with Gasteiger partial charge in [0.05, 0.1) is 9.82 Å². The quantitative estimate of drug-likeness (QED) is 0.675. The smallest absolute Gasteiger partial charge is 0.283 e. The van der Waals surface area contributed by atoms with Crippen molar-refractivity contribution in [3.05, 3.63) is 64.0 Å². The predicted octanol–water partition coefficient (Wildman–Crippen LogP) is 3.60. The van der Waals surface area contributed by atoms with Gasteiger partial charge in [0, 0.05) is 17.5 Å². The predicted molar refractivity (Wildman–Crippen MR) is 76.4 cm³/mol. The molecule has 0 atom stereocenters. The zero-order valence-electron chi connectivity index (χ0n) is 10.8. The molecule has 0 saturated heterocycles. The van der Waals surface area contributed by atoms with Crippen molar-refractivity contribution in [2.24, 2.45) is 0 Å². The van der Waals surface area contributed by atoms with Gasteiger partial charge >= 0.3 is 0 Å². The molecule has 0 aliphatic rings. The van der Waals surface area contributed by atoms with Crippen molar-refractivity contribution in [1.82, 2.24) is 5.32 Å². The van der Waals surface area contributed by atoms with Gasteiger partial charge in [-0.15, -0.1) is 0 Å². The first-order chi connectivity index (χ1) is 9.61. The summed E-state index contributed by atoms with van der Waals surface area (Å²) in [6.07, 6.45) is 0. The van der Waals surface area contributed by atoms with Crippen LogP contribution < -0.4 is 5.32 Å². The fourth-order valence-corrected chi connectivity index (χ4v) is 2.68. The Kier molecular flexibility index (Phi) is 4.70. The summed E-state index contributed by atoms with van der Waals surface area (Å²) in [7, 11) is 1.79. The summed E-state index contributed by atoms with van der Waals surface area (Å²) >= 11 is 1.06. The van der Waals surface area contributed by atoms with Crippen LogP contribution in [-0.2, 0) is 6.54 Å². The summed E-state index contributed by atoms with van der Waals surface area (Å²) in [4.78, 5) is 11.3. The molecule has 0 aromatic heterocycles. The summed E-state index contributed by atoms with van der Waals surface area (Å²) in [6, 6.07) is 11.2. The lowest BCUT2D eigenvalue weighted by atomic mass is 10.2. The largest absolute Gasteiger partial charge is 0.316 e. The lowest BCUT2D eigenvalue weighted by Crippen LogP contribution is -2.05. The van der Waals surface area contributed by atoms with Gasteiger partial charge in [0.2, 0.25) is 0 Å². The van der Waals surface area contributed by atoms with Gasteiger partial charge in [-0.2, -0.15) is 0 Å². The average Bonchev–Trinajstić information content (AvgIpc) is 2.42. The normalized spacial score (nSPS) is 10.5. The lowest BCUT2D eigenvalue weighted by molar-refractivity contribution is -0.387. The molecule has 2 aromatic rings. The Morgan fingerprint density at radius 2 is 2.00 bits per heavy atom. The Morgan fingerprint density at radius 1 is 1.25 bits per heavy atom. The molecule has 0 spiro atoms. The van der Waals surface area contributed by atoms with Crippen molar-refractivity contribution in [2.45, 2.75) is 16.3 Å². The molecule has 0 bridgehead atoms. The number of nitrogens with one attached hydrogen (secondary N) is 1. The van der Waals surface area contributed by atoms with E-state index in [4.69, 9.17) is 0 Å². The molecule has 4 nitrogen and oxygen atoms in total. The molecule has 104 valence electrons. The highest BCUT2D eigenvalue weighted by Crippen LogP contribution is 2.35. The van der Waals surface area contributed by atoms with E-state index in [0.29, 0.717) is 16.3 Å². The molecule has 0 amide bonds. The van der Waals surface area contributed by atoms with E-state index in [1.807, 2.05) is 0 Å². The average molecular weight is 292 g/mol. The SMILES string of the molecule is CNCc1ccc(Sc2ccccc2[N+](=O)[O-])c(F)c1. The molecule has 0 aliphatic carbocycles. The molecule has 6 heteroatoms. The summed E-state index contributed by atoms with van der Waals surface area (Å²) in [6.45, 7) is 0.577. The minimum absolute atomic E-state index is 0.0174. The summed E-state index contributed by atoms with van der Waals surface area (Å²) in [5, 5.41) is 13.9. The maximum absolute atomic E-state index is 14.0. The fraction of sp³-hybridized carbons (Fsp3) is 0.143. The highest BCUT2D eigenvalue weighted by atomic mass is 32.2. The minimum Gasteiger partial charge on any atom is -0.316 e. The maximum Gasteiger partial charge on any atom is 0.283 e. The number of nitro benzene ring substituents is 1. The summed E-state index contributed by atoms with van der Waals surface area (Å²) in [5.74, 6) is -0.374. The molecule has 0 heterocycles. The highest BCUT2D eigenvalue weighted by Gasteiger charge is 2.15. The minimum atomic E-state index is -0.463. The third-order valence-corrected chi connectivity index (χ3v) is 3.78. The van der Waals surface area contributed by atoms with Gasteiger partial charge in [-0.3, -0.25) is 10.1 Å². The van der Waals surface area contributed by atoms with E-state index in [1.54, 1.807) is 37.4 Å². The zero-order valence-corrected chi connectivity index (χ0v) is 11.6. The first kappa shape index (κ1) is 14.5. The van der Waals surface area contributed by atoms with Gasteiger partial charge in [0.25, 0.3) is 5.69 Å². The van der Waals surface area contributed by atoms with Crippen LogP contribution >= 0.6 is 11.8 Å². The van der Waals surface area contributed by atoms with Crippen LogP contribution in [0.1, 0.15) is 5.56 Å². The molecule has 0 aliphatic heterocycles. The first-order valence-corrected chi connectivity index (χ1v) is 6.77. The number of para-hydroxylation sites is 1. The van der Waals surface area contributed by atoms with E-state index in [-0.39, 0.29) is 11.5 Å².